The second-order valence-corrected chi connectivity index (χ2v) is 9.47. The third kappa shape index (κ3) is 5.69. The van der Waals surface area contributed by atoms with Crippen LogP contribution in [0.4, 0.5) is 0 Å². The topological polar surface area (TPSA) is 63.3 Å². The maximum atomic E-state index is 10.0. The molecule has 6 rings (SSSR count). The average molecular weight is 670 g/mol. The van der Waals surface area contributed by atoms with Crippen molar-refractivity contribution in [2.45, 2.75) is 52.3 Å². The summed E-state index contributed by atoms with van der Waals surface area (Å²) in [5, 5.41) is 12.8. The SMILES string of the molecule is CC(=O)/C=C(/C)O.[2H]C1(c2ccc3c(-c4[c-]c(C)cc5c4oc4ccccc45)nccc3c2)CCCC1.[Ir]. The Hall–Kier alpha value is -3.27. The van der Waals surface area contributed by atoms with Crippen LogP contribution in [0.2, 0.25) is 0 Å². The van der Waals surface area contributed by atoms with Crippen molar-refractivity contribution >= 4 is 38.5 Å². The summed E-state index contributed by atoms with van der Waals surface area (Å²) in [5.74, 6) is -0.508. The van der Waals surface area contributed by atoms with Crippen LogP contribution in [-0.2, 0) is 24.9 Å². The first-order valence-corrected chi connectivity index (χ1v) is 12.4. The molecule has 1 N–H and O–H groups in total. The van der Waals surface area contributed by atoms with Crippen LogP contribution in [-0.4, -0.2) is 15.9 Å². The zero-order chi connectivity index (χ0) is 26.2. The number of aryl methyl sites for hydroxylation is 1. The summed E-state index contributed by atoms with van der Waals surface area (Å²) in [4.78, 5) is 14.8. The monoisotopic (exact) mass is 670 g/mol. The third-order valence-electron chi connectivity index (χ3n) is 6.57. The third-order valence-corrected chi connectivity index (χ3v) is 6.57. The quantitative estimate of drug-likeness (QED) is 0.119. The van der Waals surface area contributed by atoms with Gasteiger partial charge in [-0.2, -0.15) is 0 Å². The number of benzene rings is 3. The fraction of sp³-hybridized carbons (Fsp3) is 0.250. The maximum absolute atomic E-state index is 10.0. The number of carbonyl (C=O) groups excluding carboxylic acids is 1. The van der Waals surface area contributed by atoms with Crippen molar-refractivity contribution in [3.05, 3.63) is 89.8 Å². The summed E-state index contributed by atoms with van der Waals surface area (Å²) in [6.45, 7) is 4.92. The van der Waals surface area contributed by atoms with Gasteiger partial charge in [0.1, 0.15) is 5.58 Å². The predicted molar refractivity (Wildman–Crippen MR) is 146 cm³/mol. The van der Waals surface area contributed by atoms with E-state index in [4.69, 9.17) is 15.9 Å². The zero-order valence-corrected chi connectivity index (χ0v) is 23.6. The second-order valence-electron chi connectivity index (χ2n) is 9.47. The molecule has 0 atom stereocenters. The molecular formula is C32H30IrNO3-. The fourth-order valence-electron chi connectivity index (χ4n) is 5.05. The Labute approximate surface area is 232 Å². The van der Waals surface area contributed by atoms with Crippen molar-refractivity contribution in [2.24, 2.45) is 0 Å². The van der Waals surface area contributed by atoms with Crippen LogP contribution in [0.3, 0.4) is 0 Å². The molecule has 0 amide bonds. The van der Waals surface area contributed by atoms with Crippen LogP contribution in [0.5, 0.6) is 0 Å². The standard InChI is InChI=1S/C27H22NO.C5H8O2.Ir/c1-17-14-23-22-8-4-5-9-25(22)29-27(23)24(15-17)26-21-11-10-19(18-6-2-3-7-18)16-20(21)12-13-28-26;1-4(6)3-5(2)7;/h4-5,8-14,16,18H,2-3,6-7H2,1H3;3,6H,1-2H3;/q-1;;/b;4-3-;/i18D;;. The molecule has 0 saturated heterocycles. The summed E-state index contributed by atoms with van der Waals surface area (Å²) in [6.07, 6.45) is 7.21. The first-order valence-electron chi connectivity index (χ1n) is 12.9. The van der Waals surface area contributed by atoms with E-state index in [-0.39, 0.29) is 31.6 Å². The fourth-order valence-corrected chi connectivity index (χ4v) is 5.05. The van der Waals surface area contributed by atoms with E-state index < -0.39 is 5.89 Å². The molecule has 0 aliphatic heterocycles. The summed E-state index contributed by atoms with van der Waals surface area (Å²) in [5.41, 5.74) is 5.69. The Balaban J connectivity index is 0.000000375. The normalized spacial score (nSPS) is 15.2. The van der Waals surface area contributed by atoms with Gasteiger partial charge in [0, 0.05) is 39.1 Å². The second kappa shape index (κ2) is 11.4. The molecular weight excluding hydrogens is 639 g/mol. The molecule has 0 spiro atoms. The van der Waals surface area contributed by atoms with E-state index in [0.717, 1.165) is 80.8 Å². The number of pyridine rings is 1. The van der Waals surface area contributed by atoms with Gasteiger partial charge in [0.15, 0.2) is 5.78 Å². The number of ketones is 1. The first kappa shape index (κ1) is 25.4. The van der Waals surface area contributed by atoms with E-state index in [9.17, 15) is 4.79 Å². The van der Waals surface area contributed by atoms with E-state index in [1.165, 1.54) is 19.9 Å². The van der Waals surface area contributed by atoms with Gasteiger partial charge in [-0.1, -0.05) is 67.1 Å². The minimum atomic E-state index is -0.445. The molecule has 1 aliphatic rings. The van der Waals surface area contributed by atoms with Gasteiger partial charge < -0.3 is 14.5 Å². The van der Waals surface area contributed by atoms with Crippen molar-refractivity contribution in [1.29, 1.82) is 0 Å². The molecule has 0 unspecified atom stereocenters. The molecule has 5 heteroatoms. The Morgan fingerprint density at radius 2 is 1.84 bits per heavy atom. The summed E-state index contributed by atoms with van der Waals surface area (Å²) in [6, 6.07) is 22.3. The molecule has 4 nitrogen and oxygen atoms in total. The van der Waals surface area contributed by atoms with Gasteiger partial charge >= 0.3 is 0 Å². The summed E-state index contributed by atoms with van der Waals surface area (Å²) < 4.78 is 15.1. The van der Waals surface area contributed by atoms with Crippen LogP contribution in [0, 0.1) is 13.0 Å². The summed E-state index contributed by atoms with van der Waals surface area (Å²) in [7, 11) is 0. The number of hydrogen-bond donors (Lipinski definition) is 1. The number of furan rings is 1. The maximum Gasteiger partial charge on any atom is 0.155 e. The van der Waals surface area contributed by atoms with Gasteiger partial charge in [0.25, 0.3) is 0 Å². The number of fused-ring (bicyclic) bond motifs is 4. The Kier molecular flexibility index (Phi) is 7.83. The number of aliphatic hydroxyl groups is 1. The molecule has 1 radical (unpaired) electrons. The minimum absolute atomic E-state index is 0. The van der Waals surface area contributed by atoms with E-state index in [1.54, 1.807) is 0 Å². The Morgan fingerprint density at radius 1 is 1.08 bits per heavy atom. The molecule has 1 fully saturated rings. The van der Waals surface area contributed by atoms with Gasteiger partial charge in [-0.3, -0.25) is 4.79 Å². The largest absolute Gasteiger partial charge is 0.512 e. The smallest absolute Gasteiger partial charge is 0.155 e. The number of carbonyl (C=O) groups is 1. The molecule has 37 heavy (non-hydrogen) atoms. The molecule has 2 aromatic heterocycles. The van der Waals surface area contributed by atoms with Gasteiger partial charge in [-0.05, 0) is 66.7 Å². The van der Waals surface area contributed by atoms with Crippen molar-refractivity contribution < 1.29 is 35.8 Å². The summed E-state index contributed by atoms with van der Waals surface area (Å²) >= 11 is 0. The van der Waals surface area contributed by atoms with Crippen LogP contribution >= 0.6 is 0 Å². The first-order chi connectivity index (χ1) is 17.7. The van der Waals surface area contributed by atoms with E-state index in [0.29, 0.717) is 0 Å². The van der Waals surface area contributed by atoms with Crippen LogP contribution in [0.15, 0.2) is 77.0 Å². The number of hydrogen-bond acceptors (Lipinski definition) is 4. The van der Waals surface area contributed by atoms with E-state index >= 15 is 0 Å². The van der Waals surface area contributed by atoms with E-state index in [2.05, 4.69) is 43.3 Å². The molecule has 3 aromatic carbocycles. The van der Waals surface area contributed by atoms with Crippen molar-refractivity contribution in [2.75, 3.05) is 0 Å². The molecule has 1 aliphatic carbocycles. The Bertz CT molecular complexity index is 1660. The Morgan fingerprint density at radius 3 is 2.54 bits per heavy atom. The van der Waals surface area contributed by atoms with Crippen LogP contribution < -0.4 is 0 Å². The van der Waals surface area contributed by atoms with Crippen LogP contribution in [0.25, 0.3) is 44.0 Å². The number of para-hydroxylation sites is 1. The molecule has 191 valence electrons. The molecule has 0 bridgehead atoms. The number of allylic oxidation sites excluding steroid dienone is 2. The van der Waals surface area contributed by atoms with E-state index in [1.807, 2.05) is 30.5 Å². The molecule has 1 saturated carbocycles. The van der Waals surface area contributed by atoms with Crippen molar-refractivity contribution in [3.63, 3.8) is 0 Å². The van der Waals surface area contributed by atoms with Crippen molar-refractivity contribution in [1.82, 2.24) is 4.98 Å². The number of aliphatic hydroxyl groups excluding tert-OH is 1. The zero-order valence-electron chi connectivity index (χ0n) is 22.2. The van der Waals surface area contributed by atoms with Gasteiger partial charge in [0.05, 0.1) is 11.3 Å². The van der Waals surface area contributed by atoms with Gasteiger partial charge in [0.2, 0.25) is 0 Å². The number of rotatable bonds is 3. The minimum Gasteiger partial charge on any atom is -0.512 e. The number of nitrogens with zero attached hydrogens (tertiary/aromatic N) is 1. The molecule has 2 heterocycles. The van der Waals surface area contributed by atoms with Gasteiger partial charge in [-0.15, -0.1) is 17.7 Å². The molecule has 5 aromatic rings. The van der Waals surface area contributed by atoms with Crippen molar-refractivity contribution in [3.8, 4) is 11.3 Å². The average Bonchev–Trinajstić information content (AvgIpc) is 3.47. The number of aromatic nitrogens is 1. The van der Waals surface area contributed by atoms with Crippen LogP contribution in [0.1, 0.15) is 57.9 Å². The van der Waals surface area contributed by atoms with Gasteiger partial charge in [-0.25, -0.2) is 0 Å². The predicted octanol–water partition coefficient (Wildman–Crippen LogP) is 8.60.